The van der Waals surface area contributed by atoms with Crippen LogP contribution in [0.4, 0.5) is 0 Å². The van der Waals surface area contributed by atoms with E-state index >= 15 is 0 Å². The van der Waals surface area contributed by atoms with Crippen LogP contribution in [0, 0.1) is 0 Å². The second-order valence-corrected chi connectivity index (χ2v) is 3.68. The van der Waals surface area contributed by atoms with Crippen molar-refractivity contribution in [1.82, 2.24) is 5.32 Å². The van der Waals surface area contributed by atoms with Crippen molar-refractivity contribution >= 4 is 5.91 Å². The molecule has 2 rings (SSSR count). The zero-order valence-corrected chi connectivity index (χ0v) is 8.23. The third kappa shape index (κ3) is 2.00. The highest BCUT2D eigenvalue weighted by molar-refractivity contribution is 5.80. The molecule has 0 saturated heterocycles. The summed E-state index contributed by atoms with van der Waals surface area (Å²) < 4.78 is 0. The zero-order chi connectivity index (χ0) is 10.8. The van der Waals surface area contributed by atoms with Gasteiger partial charge in [-0.25, -0.2) is 0 Å². The number of amides is 1. The van der Waals surface area contributed by atoms with Crippen molar-refractivity contribution in [3.63, 3.8) is 0 Å². The minimum absolute atomic E-state index is 0.0259. The summed E-state index contributed by atoms with van der Waals surface area (Å²) in [7, 11) is 0. The van der Waals surface area contributed by atoms with Crippen LogP contribution in [0.3, 0.4) is 0 Å². The molecule has 1 atom stereocenters. The molecule has 0 spiro atoms. The van der Waals surface area contributed by atoms with Crippen LogP contribution in [-0.4, -0.2) is 22.7 Å². The summed E-state index contributed by atoms with van der Waals surface area (Å²) in [5.74, 6) is 0.0259. The molecular weight excluding hydrogens is 194 g/mol. The van der Waals surface area contributed by atoms with E-state index in [1.165, 1.54) is 0 Å². The molecule has 1 aliphatic heterocycles. The van der Waals surface area contributed by atoms with Crippen LogP contribution < -0.4 is 5.32 Å². The van der Waals surface area contributed by atoms with Crippen LogP contribution >= 0.6 is 0 Å². The zero-order valence-electron chi connectivity index (χ0n) is 8.23. The Morgan fingerprint density at radius 2 is 2.20 bits per heavy atom. The van der Waals surface area contributed by atoms with Gasteiger partial charge in [-0.3, -0.25) is 4.79 Å². The number of carbonyl (C=O) groups excluding carboxylic acids is 1. The summed E-state index contributed by atoms with van der Waals surface area (Å²) in [4.78, 5) is 11.1. The SMILES string of the molecule is O=C1Cc2ccc(C(O)CO)cc2CN1. The Hall–Kier alpha value is -1.39. The fraction of sp³-hybridized carbons (Fsp3) is 0.364. The molecule has 0 aromatic heterocycles. The first kappa shape index (κ1) is 10.1. The van der Waals surface area contributed by atoms with E-state index in [0.717, 1.165) is 11.1 Å². The number of fused-ring (bicyclic) bond motifs is 1. The van der Waals surface area contributed by atoms with Crippen molar-refractivity contribution in [3.8, 4) is 0 Å². The van der Waals surface area contributed by atoms with Crippen molar-refractivity contribution in [2.45, 2.75) is 19.1 Å². The maximum absolute atomic E-state index is 11.1. The van der Waals surface area contributed by atoms with Gasteiger partial charge in [-0.15, -0.1) is 0 Å². The van der Waals surface area contributed by atoms with Gasteiger partial charge in [0.1, 0.15) is 6.10 Å². The Labute approximate surface area is 87.6 Å². The predicted octanol–water partition coefficient (Wildman–Crippen LogP) is -0.115. The lowest BCUT2D eigenvalue weighted by Gasteiger charge is -2.18. The molecule has 0 bridgehead atoms. The van der Waals surface area contributed by atoms with Crippen LogP contribution in [-0.2, 0) is 17.8 Å². The first-order valence-electron chi connectivity index (χ1n) is 4.88. The Morgan fingerprint density at radius 1 is 1.40 bits per heavy atom. The van der Waals surface area contributed by atoms with Gasteiger partial charge in [0.2, 0.25) is 5.91 Å². The van der Waals surface area contributed by atoms with E-state index in [9.17, 15) is 9.90 Å². The topological polar surface area (TPSA) is 69.6 Å². The summed E-state index contributed by atoms with van der Waals surface area (Å²) in [6, 6.07) is 5.41. The third-order valence-corrected chi connectivity index (χ3v) is 2.62. The lowest BCUT2D eigenvalue weighted by Crippen LogP contribution is -2.30. The first-order chi connectivity index (χ1) is 7.20. The number of hydrogen-bond acceptors (Lipinski definition) is 3. The molecule has 0 radical (unpaired) electrons. The molecule has 0 saturated carbocycles. The Kier molecular flexibility index (Phi) is 2.70. The summed E-state index contributed by atoms with van der Waals surface area (Å²) in [6.07, 6.45) is -0.446. The maximum Gasteiger partial charge on any atom is 0.224 e. The molecule has 80 valence electrons. The monoisotopic (exact) mass is 207 g/mol. The lowest BCUT2D eigenvalue weighted by molar-refractivity contribution is -0.121. The van der Waals surface area contributed by atoms with E-state index in [4.69, 9.17) is 5.11 Å². The molecule has 1 aliphatic rings. The van der Waals surface area contributed by atoms with Crippen molar-refractivity contribution in [2.75, 3.05) is 6.61 Å². The highest BCUT2D eigenvalue weighted by Gasteiger charge is 2.16. The Balaban J connectivity index is 2.30. The normalized spacial score (nSPS) is 16.8. The number of aliphatic hydroxyl groups excluding tert-OH is 2. The largest absolute Gasteiger partial charge is 0.393 e. The van der Waals surface area contributed by atoms with Gasteiger partial charge in [0.15, 0.2) is 0 Å². The molecule has 1 heterocycles. The molecule has 1 amide bonds. The van der Waals surface area contributed by atoms with Crippen LogP contribution in [0.2, 0.25) is 0 Å². The molecule has 4 heteroatoms. The molecule has 4 nitrogen and oxygen atoms in total. The average molecular weight is 207 g/mol. The third-order valence-electron chi connectivity index (χ3n) is 2.62. The number of hydrogen-bond donors (Lipinski definition) is 3. The van der Waals surface area contributed by atoms with Gasteiger partial charge in [-0.05, 0) is 16.7 Å². The van der Waals surface area contributed by atoms with Gasteiger partial charge < -0.3 is 15.5 Å². The van der Waals surface area contributed by atoms with Crippen molar-refractivity contribution in [3.05, 3.63) is 34.9 Å². The number of benzene rings is 1. The van der Waals surface area contributed by atoms with E-state index in [2.05, 4.69) is 5.32 Å². The Bertz CT molecular complexity index is 389. The van der Waals surface area contributed by atoms with Crippen LogP contribution in [0.5, 0.6) is 0 Å². The van der Waals surface area contributed by atoms with Crippen molar-refractivity contribution < 1.29 is 15.0 Å². The van der Waals surface area contributed by atoms with E-state index in [0.29, 0.717) is 18.5 Å². The minimum Gasteiger partial charge on any atom is -0.393 e. The van der Waals surface area contributed by atoms with Gasteiger partial charge in [0, 0.05) is 6.54 Å². The van der Waals surface area contributed by atoms with E-state index in [1.807, 2.05) is 12.1 Å². The van der Waals surface area contributed by atoms with Gasteiger partial charge in [-0.2, -0.15) is 0 Å². The molecule has 0 aliphatic carbocycles. The second kappa shape index (κ2) is 4.00. The van der Waals surface area contributed by atoms with E-state index < -0.39 is 6.10 Å². The fourth-order valence-corrected chi connectivity index (χ4v) is 1.72. The standard InChI is InChI=1S/C11H13NO3/c13-6-10(14)8-2-1-7-4-11(15)12-5-9(7)3-8/h1-3,10,13-14H,4-6H2,(H,12,15). The first-order valence-corrected chi connectivity index (χ1v) is 4.88. The summed E-state index contributed by atoms with van der Waals surface area (Å²) in [6.45, 7) is 0.214. The van der Waals surface area contributed by atoms with E-state index in [1.54, 1.807) is 6.07 Å². The number of rotatable bonds is 2. The van der Waals surface area contributed by atoms with Gasteiger partial charge >= 0.3 is 0 Å². The Morgan fingerprint density at radius 3 is 2.93 bits per heavy atom. The molecule has 1 aromatic carbocycles. The molecule has 3 N–H and O–H groups in total. The smallest absolute Gasteiger partial charge is 0.224 e. The number of aliphatic hydroxyl groups is 2. The summed E-state index contributed by atoms with van der Waals surface area (Å²) in [5.41, 5.74) is 2.69. The highest BCUT2D eigenvalue weighted by atomic mass is 16.3. The van der Waals surface area contributed by atoms with Crippen LogP contribution in [0.25, 0.3) is 0 Å². The molecular formula is C11H13NO3. The molecule has 1 aromatic rings. The van der Waals surface area contributed by atoms with E-state index in [-0.39, 0.29) is 12.5 Å². The van der Waals surface area contributed by atoms with Crippen molar-refractivity contribution in [2.24, 2.45) is 0 Å². The molecule has 15 heavy (non-hydrogen) atoms. The molecule has 0 fully saturated rings. The van der Waals surface area contributed by atoms with Gasteiger partial charge in [-0.1, -0.05) is 18.2 Å². The predicted molar refractivity (Wildman–Crippen MR) is 54.0 cm³/mol. The van der Waals surface area contributed by atoms with Gasteiger partial charge in [0.25, 0.3) is 0 Å². The second-order valence-electron chi connectivity index (χ2n) is 3.68. The lowest BCUT2D eigenvalue weighted by atomic mass is 9.96. The number of carbonyl (C=O) groups is 1. The maximum atomic E-state index is 11.1. The minimum atomic E-state index is -0.840. The van der Waals surface area contributed by atoms with Crippen molar-refractivity contribution in [1.29, 1.82) is 0 Å². The average Bonchev–Trinajstić information content (AvgIpc) is 2.27. The van der Waals surface area contributed by atoms with Crippen LogP contribution in [0.15, 0.2) is 18.2 Å². The molecule has 1 unspecified atom stereocenters. The summed E-state index contributed by atoms with van der Waals surface area (Å²) >= 11 is 0. The van der Waals surface area contributed by atoms with Gasteiger partial charge in [0.05, 0.1) is 13.0 Å². The fourth-order valence-electron chi connectivity index (χ4n) is 1.72. The quantitative estimate of drug-likeness (QED) is 0.633. The number of nitrogens with one attached hydrogen (secondary N) is 1. The highest BCUT2D eigenvalue weighted by Crippen LogP contribution is 2.20. The van der Waals surface area contributed by atoms with Crippen LogP contribution in [0.1, 0.15) is 22.8 Å². The summed E-state index contributed by atoms with van der Waals surface area (Å²) in [5, 5.41) is 21.0.